The molecule has 156 valence electrons. The maximum atomic E-state index is 13.5. The monoisotopic (exact) mass is 406 g/mol. The molecular weight excluding hydrogens is 380 g/mol. The van der Waals surface area contributed by atoms with Crippen molar-refractivity contribution in [3.8, 4) is 0 Å². The molecule has 1 saturated carbocycles. The van der Waals surface area contributed by atoms with Crippen LogP contribution in [0, 0.1) is 12.8 Å². The van der Waals surface area contributed by atoms with Crippen LogP contribution in [-0.2, 0) is 22.7 Å². The summed E-state index contributed by atoms with van der Waals surface area (Å²) in [6, 6.07) is 11.5. The Bertz CT molecular complexity index is 952. The van der Waals surface area contributed by atoms with Crippen molar-refractivity contribution in [2.24, 2.45) is 5.92 Å². The van der Waals surface area contributed by atoms with Crippen molar-refractivity contribution in [3.63, 3.8) is 0 Å². The van der Waals surface area contributed by atoms with Gasteiger partial charge in [-0.3, -0.25) is 19.9 Å². The van der Waals surface area contributed by atoms with Crippen LogP contribution in [0.2, 0.25) is 0 Å². The first-order chi connectivity index (χ1) is 14.5. The standard InChI is InChI=1S/C23H26N4O3/c1-16-5-2-3-7-19(16)15-27(14-17-6-4-12-24-13-17)20(28)18-8-10-23(11-9-18)21(29)25-22(30)26-23/h2-7,12-13,18H,8-11,14-15H2,1H3,(H2,25,26,29,30). The number of aromatic nitrogens is 1. The first-order valence-electron chi connectivity index (χ1n) is 10.3. The molecule has 1 aromatic heterocycles. The molecule has 0 unspecified atom stereocenters. The van der Waals surface area contributed by atoms with E-state index in [0.717, 1.165) is 16.7 Å². The van der Waals surface area contributed by atoms with Crippen LogP contribution in [0.3, 0.4) is 0 Å². The zero-order valence-electron chi connectivity index (χ0n) is 17.1. The van der Waals surface area contributed by atoms with Crippen LogP contribution in [0.1, 0.15) is 42.4 Å². The van der Waals surface area contributed by atoms with Gasteiger partial charge in [0.2, 0.25) is 5.91 Å². The van der Waals surface area contributed by atoms with Crippen molar-refractivity contribution < 1.29 is 14.4 Å². The largest absolute Gasteiger partial charge is 0.334 e. The van der Waals surface area contributed by atoms with Gasteiger partial charge in [-0.15, -0.1) is 0 Å². The summed E-state index contributed by atoms with van der Waals surface area (Å²) >= 11 is 0. The Kier molecular flexibility index (Phi) is 5.53. The van der Waals surface area contributed by atoms with Crippen LogP contribution >= 0.6 is 0 Å². The zero-order chi connectivity index (χ0) is 21.1. The van der Waals surface area contributed by atoms with Gasteiger partial charge in [-0.05, 0) is 55.4 Å². The van der Waals surface area contributed by atoms with Crippen LogP contribution in [-0.4, -0.2) is 33.3 Å². The van der Waals surface area contributed by atoms with Gasteiger partial charge in [0.05, 0.1) is 0 Å². The molecule has 2 N–H and O–H groups in total. The molecule has 1 aromatic carbocycles. The Labute approximate surface area is 175 Å². The van der Waals surface area contributed by atoms with Gasteiger partial charge in [-0.1, -0.05) is 30.3 Å². The van der Waals surface area contributed by atoms with E-state index in [-0.39, 0.29) is 17.7 Å². The molecule has 1 saturated heterocycles. The highest BCUT2D eigenvalue weighted by atomic mass is 16.2. The number of hydrogen-bond donors (Lipinski definition) is 2. The summed E-state index contributed by atoms with van der Waals surface area (Å²) in [5, 5.41) is 5.09. The van der Waals surface area contributed by atoms with Crippen molar-refractivity contribution in [1.29, 1.82) is 0 Å². The van der Waals surface area contributed by atoms with Gasteiger partial charge in [-0.25, -0.2) is 4.79 Å². The Balaban J connectivity index is 1.50. The van der Waals surface area contributed by atoms with Crippen LogP contribution in [0.4, 0.5) is 4.79 Å². The van der Waals surface area contributed by atoms with E-state index in [1.165, 1.54) is 0 Å². The number of nitrogens with zero attached hydrogens (tertiary/aromatic N) is 2. The lowest BCUT2D eigenvalue weighted by atomic mass is 9.76. The normalized spacial score (nSPS) is 23.2. The molecule has 1 spiro atoms. The molecule has 7 heteroatoms. The first kappa shape index (κ1) is 20.1. The minimum Gasteiger partial charge on any atom is -0.334 e. The minimum absolute atomic E-state index is 0.0849. The number of nitrogens with one attached hydrogen (secondary N) is 2. The summed E-state index contributed by atoms with van der Waals surface area (Å²) in [6.07, 6.45) is 5.61. The van der Waals surface area contributed by atoms with Crippen LogP contribution in [0.25, 0.3) is 0 Å². The van der Waals surface area contributed by atoms with Crippen molar-refractivity contribution >= 4 is 17.8 Å². The van der Waals surface area contributed by atoms with Gasteiger partial charge in [-0.2, -0.15) is 0 Å². The number of imide groups is 1. The average Bonchev–Trinajstić information content (AvgIpc) is 3.02. The second-order valence-electron chi connectivity index (χ2n) is 8.25. The molecule has 2 fully saturated rings. The minimum atomic E-state index is -0.849. The molecule has 2 heterocycles. The predicted octanol–water partition coefficient (Wildman–Crippen LogP) is 2.69. The highest BCUT2D eigenvalue weighted by molar-refractivity contribution is 6.07. The van der Waals surface area contributed by atoms with E-state index in [1.54, 1.807) is 12.4 Å². The second kappa shape index (κ2) is 8.26. The molecule has 30 heavy (non-hydrogen) atoms. The number of carbonyl (C=O) groups is 3. The highest BCUT2D eigenvalue weighted by Crippen LogP contribution is 2.35. The molecule has 0 atom stereocenters. The van der Waals surface area contributed by atoms with E-state index in [2.05, 4.69) is 15.6 Å². The lowest BCUT2D eigenvalue weighted by Crippen LogP contribution is -2.51. The molecule has 1 aliphatic carbocycles. The van der Waals surface area contributed by atoms with E-state index in [1.807, 2.05) is 48.2 Å². The van der Waals surface area contributed by atoms with Crippen molar-refractivity contribution in [2.75, 3.05) is 0 Å². The van der Waals surface area contributed by atoms with Crippen molar-refractivity contribution in [2.45, 2.75) is 51.2 Å². The number of benzene rings is 1. The van der Waals surface area contributed by atoms with Crippen LogP contribution in [0.15, 0.2) is 48.8 Å². The molecule has 7 nitrogen and oxygen atoms in total. The lowest BCUT2D eigenvalue weighted by molar-refractivity contribution is -0.139. The molecule has 4 rings (SSSR count). The molecular formula is C23H26N4O3. The van der Waals surface area contributed by atoms with Gasteiger partial charge in [0.25, 0.3) is 5.91 Å². The fourth-order valence-corrected chi connectivity index (χ4v) is 4.41. The Hall–Kier alpha value is -3.22. The number of urea groups is 1. The SMILES string of the molecule is Cc1ccccc1CN(Cc1cccnc1)C(=O)C1CCC2(CC1)NC(=O)NC2=O. The summed E-state index contributed by atoms with van der Waals surface area (Å²) in [4.78, 5) is 43.3. The van der Waals surface area contributed by atoms with Crippen molar-refractivity contribution in [1.82, 2.24) is 20.5 Å². The molecule has 2 aliphatic rings. The number of rotatable bonds is 5. The van der Waals surface area contributed by atoms with Gasteiger partial charge in [0, 0.05) is 31.4 Å². The van der Waals surface area contributed by atoms with E-state index in [0.29, 0.717) is 38.8 Å². The molecule has 0 radical (unpaired) electrons. The topological polar surface area (TPSA) is 91.4 Å². The fraction of sp³-hybridized carbons (Fsp3) is 0.391. The van der Waals surface area contributed by atoms with Gasteiger partial charge < -0.3 is 10.2 Å². The summed E-state index contributed by atoms with van der Waals surface area (Å²) in [6.45, 7) is 3.06. The van der Waals surface area contributed by atoms with Gasteiger partial charge in [0.15, 0.2) is 0 Å². The Morgan fingerprint density at radius 2 is 1.90 bits per heavy atom. The number of aryl methyl sites for hydroxylation is 1. The van der Waals surface area contributed by atoms with E-state index in [9.17, 15) is 14.4 Å². The van der Waals surface area contributed by atoms with Crippen LogP contribution in [0.5, 0.6) is 0 Å². The molecule has 2 aromatic rings. The van der Waals surface area contributed by atoms with Crippen LogP contribution < -0.4 is 10.6 Å². The summed E-state index contributed by atoms with van der Waals surface area (Å²) in [7, 11) is 0. The maximum absolute atomic E-state index is 13.5. The summed E-state index contributed by atoms with van der Waals surface area (Å²) < 4.78 is 0. The first-order valence-corrected chi connectivity index (χ1v) is 10.3. The van der Waals surface area contributed by atoms with E-state index < -0.39 is 11.6 Å². The Morgan fingerprint density at radius 1 is 1.13 bits per heavy atom. The van der Waals surface area contributed by atoms with Gasteiger partial charge >= 0.3 is 6.03 Å². The smallest absolute Gasteiger partial charge is 0.322 e. The summed E-state index contributed by atoms with van der Waals surface area (Å²) in [5.74, 6) is -0.353. The quantitative estimate of drug-likeness (QED) is 0.747. The number of carbonyl (C=O) groups excluding carboxylic acids is 3. The molecule has 0 bridgehead atoms. The number of pyridine rings is 1. The summed E-state index contributed by atoms with van der Waals surface area (Å²) in [5.41, 5.74) is 2.39. The van der Waals surface area contributed by atoms with Crippen molar-refractivity contribution in [3.05, 3.63) is 65.5 Å². The molecule has 1 aliphatic heterocycles. The maximum Gasteiger partial charge on any atom is 0.322 e. The van der Waals surface area contributed by atoms with E-state index in [4.69, 9.17) is 0 Å². The number of amides is 4. The average molecular weight is 406 g/mol. The lowest BCUT2D eigenvalue weighted by Gasteiger charge is -2.36. The third-order valence-corrected chi connectivity index (χ3v) is 6.23. The number of hydrogen-bond acceptors (Lipinski definition) is 4. The fourth-order valence-electron chi connectivity index (χ4n) is 4.41. The van der Waals surface area contributed by atoms with E-state index >= 15 is 0 Å². The molecule has 4 amide bonds. The highest BCUT2D eigenvalue weighted by Gasteiger charge is 2.49. The third kappa shape index (κ3) is 4.06. The third-order valence-electron chi connectivity index (χ3n) is 6.23. The van der Waals surface area contributed by atoms with Gasteiger partial charge in [0.1, 0.15) is 5.54 Å². The second-order valence-corrected chi connectivity index (χ2v) is 8.25. The zero-order valence-corrected chi connectivity index (χ0v) is 17.1. The Morgan fingerprint density at radius 3 is 2.53 bits per heavy atom. The predicted molar refractivity (Wildman–Crippen MR) is 111 cm³/mol.